The van der Waals surface area contributed by atoms with Gasteiger partial charge in [-0.3, -0.25) is 4.79 Å². The fraction of sp³-hybridized carbons (Fsp3) is 0.158. The highest BCUT2D eigenvalue weighted by atomic mass is 16.1. The highest BCUT2D eigenvalue weighted by molar-refractivity contribution is 5.82. The Hall–Kier alpha value is -2.68. The van der Waals surface area contributed by atoms with E-state index in [-0.39, 0.29) is 6.41 Å². The Bertz CT molecular complexity index is 786. The number of pyridine rings is 1. The lowest BCUT2D eigenvalue weighted by Gasteiger charge is -2.11. The zero-order valence-electron chi connectivity index (χ0n) is 13.1. The molecule has 22 heavy (non-hydrogen) atoms. The van der Waals surface area contributed by atoms with Gasteiger partial charge in [-0.2, -0.15) is 0 Å². The van der Waals surface area contributed by atoms with Crippen LogP contribution in [0.5, 0.6) is 0 Å². The Labute approximate surface area is 130 Å². The fourth-order valence-corrected chi connectivity index (χ4v) is 2.79. The van der Waals surface area contributed by atoms with Gasteiger partial charge in [0.2, 0.25) is 6.41 Å². The molecule has 0 radical (unpaired) electrons. The molecule has 2 N–H and O–H groups in total. The zero-order valence-corrected chi connectivity index (χ0v) is 13.1. The van der Waals surface area contributed by atoms with E-state index < -0.39 is 0 Å². The van der Waals surface area contributed by atoms with Crippen LogP contribution in [-0.4, -0.2) is 11.4 Å². The monoisotopic (exact) mass is 292 g/mol. The Balaban J connectivity index is 0.000000545. The Morgan fingerprint density at radius 2 is 1.55 bits per heavy atom. The summed E-state index contributed by atoms with van der Waals surface area (Å²) < 4.78 is 0. The van der Waals surface area contributed by atoms with Gasteiger partial charge in [0.15, 0.2) is 0 Å². The number of carbonyl (C=O) groups is 1. The van der Waals surface area contributed by atoms with Crippen molar-refractivity contribution in [3.8, 4) is 11.3 Å². The van der Waals surface area contributed by atoms with Crippen LogP contribution in [0.4, 0.5) is 0 Å². The third kappa shape index (κ3) is 3.31. The molecule has 1 amide bonds. The number of hydrogen-bond acceptors (Lipinski definition) is 2. The summed E-state index contributed by atoms with van der Waals surface area (Å²) in [5, 5.41) is 1.19. The highest BCUT2D eigenvalue weighted by Gasteiger charge is 2.08. The summed E-state index contributed by atoms with van der Waals surface area (Å²) in [5.41, 5.74) is 11.4. The number of para-hydroxylation sites is 1. The van der Waals surface area contributed by atoms with Crippen molar-refractivity contribution in [2.45, 2.75) is 20.8 Å². The second kappa shape index (κ2) is 6.85. The summed E-state index contributed by atoms with van der Waals surface area (Å²) in [7, 11) is 0. The van der Waals surface area contributed by atoms with Gasteiger partial charge in [-0.25, -0.2) is 4.98 Å². The van der Waals surface area contributed by atoms with Crippen LogP contribution < -0.4 is 5.73 Å². The molecule has 0 fully saturated rings. The molecule has 0 saturated carbocycles. The maximum Gasteiger partial charge on any atom is 0.204 e. The number of fused-ring (bicyclic) bond motifs is 1. The van der Waals surface area contributed by atoms with E-state index in [4.69, 9.17) is 9.78 Å². The average Bonchev–Trinajstić information content (AvgIpc) is 2.47. The van der Waals surface area contributed by atoms with Gasteiger partial charge in [0.25, 0.3) is 0 Å². The molecule has 2 aromatic carbocycles. The molecule has 1 heterocycles. The van der Waals surface area contributed by atoms with Crippen molar-refractivity contribution in [2.24, 2.45) is 5.73 Å². The molecule has 3 heteroatoms. The van der Waals surface area contributed by atoms with Crippen LogP contribution in [-0.2, 0) is 4.79 Å². The van der Waals surface area contributed by atoms with Crippen LogP contribution in [0.1, 0.15) is 16.7 Å². The van der Waals surface area contributed by atoms with Crippen molar-refractivity contribution in [3.05, 3.63) is 65.2 Å². The Morgan fingerprint density at radius 3 is 2.18 bits per heavy atom. The Morgan fingerprint density at radius 1 is 0.955 bits per heavy atom. The lowest BCUT2D eigenvalue weighted by molar-refractivity contribution is -0.106. The van der Waals surface area contributed by atoms with Gasteiger partial charge in [-0.1, -0.05) is 42.0 Å². The highest BCUT2D eigenvalue weighted by Crippen LogP contribution is 2.28. The van der Waals surface area contributed by atoms with Crippen molar-refractivity contribution in [3.63, 3.8) is 0 Å². The molecule has 3 nitrogen and oxygen atoms in total. The number of aryl methyl sites for hydroxylation is 3. The van der Waals surface area contributed by atoms with Crippen LogP contribution in [0.25, 0.3) is 22.2 Å². The van der Waals surface area contributed by atoms with Gasteiger partial charge < -0.3 is 5.73 Å². The van der Waals surface area contributed by atoms with Crippen molar-refractivity contribution < 1.29 is 4.79 Å². The normalized spacial score (nSPS) is 9.95. The molecule has 0 bridgehead atoms. The minimum Gasteiger partial charge on any atom is -0.372 e. The van der Waals surface area contributed by atoms with Crippen molar-refractivity contribution in [2.75, 3.05) is 0 Å². The zero-order chi connectivity index (χ0) is 16.1. The largest absolute Gasteiger partial charge is 0.372 e. The first-order valence-electron chi connectivity index (χ1n) is 7.16. The van der Waals surface area contributed by atoms with Gasteiger partial charge in [0.1, 0.15) is 0 Å². The van der Waals surface area contributed by atoms with Crippen LogP contribution in [0.15, 0.2) is 48.5 Å². The van der Waals surface area contributed by atoms with Crippen LogP contribution in [0.3, 0.4) is 0 Å². The van der Waals surface area contributed by atoms with Crippen LogP contribution in [0, 0.1) is 20.8 Å². The van der Waals surface area contributed by atoms with Gasteiger partial charge in [0, 0.05) is 10.9 Å². The molecule has 0 saturated heterocycles. The van der Waals surface area contributed by atoms with E-state index in [0.717, 1.165) is 11.2 Å². The summed E-state index contributed by atoms with van der Waals surface area (Å²) in [4.78, 5) is 13.4. The van der Waals surface area contributed by atoms with Gasteiger partial charge in [-0.15, -0.1) is 0 Å². The molecule has 112 valence electrons. The second-order valence-corrected chi connectivity index (χ2v) is 5.30. The van der Waals surface area contributed by atoms with E-state index in [0.29, 0.717) is 0 Å². The molecule has 0 aliphatic carbocycles. The molecular formula is C19H20N2O. The molecule has 0 spiro atoms. The molecule has 0 atom stereocenters. The van der Waals surface area contributed by atoms with E-state index in [2.05, 4.69) is 62.9 Å². The smallest absolute Gasteiger partial charge is 0.204 e. The van der Waals surface area contributed by atoms with E-state index in [1.807, 2.05) is 12.1 Å². The third-order valence-corrected chi connectivity index (χ3v) is 3.53. The quantitative estimate of drug-likeness (QED) is 0.691. The van der Waals surface area contributed by atoms with Crippen molar-refractivity contribution >= 4 is 17.3 Å². The predicted octanol–water partition coefficient (Wildman–Crippen LogP) is 3.93. The molecule has 3 rings (SSSR count). The second-order valence-electron chi connectivity index (χ2n) is 5.30. The van der Waals surface area contributed by atoms with Crippen LogP contribution >= 0.6 is 0 Å². The Kier molecular flexibility index (Phi) is 4.89. The molecular weight excluding hydrogens is 272 g/mol. The molecule has 0 unspecified atom stereocenters. The van der Waals surface area contributed by atoms with E-state index in [9.17, 15) is 0 Å². The molecule has 3 aromatic rings. The maximum atomic E-state index is 8.58. The SMILES string of the molecule is Cc1cc(C)c(-c2ccc3ccccc3n2)c(C)c1.NC=O. The summed E-state index contributed by atoms with van der Waals surface area (Å²) in [6.07, 6.45) is 0.250. The number of hydrogen-bond donors (Lipinski definition) is 1. The van der Waals surface area contributed by atoms with Gasteiger partial charge >= 0.3 is 0 Å². The standard InChI is InChI=1S/C18H17N.CH3NO/c1-12-10-13(2)18(14(3)11-12)17-9-8-15-6-4-5-7-16(15)19-17;2-1-3/h4-11H,1-3H3;1H,(H2,2,3). The predicted molar refractivity (Wildman–Crippen MR) is 91.6 cm³/mol. The summed E-state index contributed by atoms with van der Waals surface area (Å²) in [6, 6.07) is 17.0. The first kappa shape index (κ1) is 15.7. The number of nitrogens with zero attached hydrogens (tertiary/aromatic N) is 1. The number of primary amides is 1. The summed E-state index contributed by atoms with van der Waals surface area (Å²) in [5.74, 6) is 0. The number of amides is 1. The first-order chi connectivity index (χ1) is 10.6. The summed E-state index contributed by atoms with van der Waals surface area (Å²) in [6.45, 7) is 6.45. The first-order valence-corrected chi connectivity index (χ1v) is 7.16. The number of carbonyl (C=O) groups excluding carboxylic acids is 1. The molecule has 1 aromatic heterocycles. The lowest BCUT2D eigenvalue weighted by atomic mass is 9.96. The summed E-state index contributed by atoms with van der Waals surface area (Å²) >= 11 is 0. The number of benzene rings is 2. The van der Waals surface area contributed by atoms with E-state index >= 15 is 0 Å². The molecule has 0 aliphatic rings. The number of aromatic nitrogens is 1. The van der Waals surface area contributed by atoms with E-state index in [1.165, 1.54) is 27.6 Å². The average molecular weight is 292 g/mol. The topological polar surface area (TPSA) is 56.0 Å². The third-order valence-electron chi connectivity index (χ3n) is 3.53. The van der Waals surface area contributed by atoms with Gasteiger partial charge in [-0.05, 0) is 44.0 Å². The minimum atomic E-state index is 0.250. The maximum absolute atomic E-state index is 8.58. The van der Waals surface area contributed by atoms with Crippen molar-refractivity contribution in [1.82, 2.24) is 4.98 Å². The number of rotatable bonds is 1. The van der Waals surface area contributed by atoms with Crippen molar-refractivity contribution in [1.29, 1.82) is 0 Å². The fourth-order valence-electron chi connectivity index (χ4n) is 2.79. The lowest BCUT2D eigenvalue weighted by Crippen LogP contribution is -1.93. The molecule has 0 aliphatic heterocycles. The minimum absolute atomic E-state index is 0.250. The van der Waals surface area contributed by atoms with E-state index in [1.54, 1.807) is 0 Å². The number of nitrogens with two attached hydrogens (primary N) is 1. The van der Waals surface area contributed by atoms with Gasteiger partial charge in [0.05, 0.1) is 11.2 Å². The van der Waals surface area contributed by atoms with Crippen LogP contribution in [0.2, 0.25) is 0 Å².